The van der Waals surface area contributed by atoms with Crippen molar-refractivity contribution in [1.82, 2.24) is 4.90 Å². The zero-order valence-corrected chi connectivity index (χ0v) is 41.3. The molecule has 0 radical (unpaired) electrons. The average Bonchev–Trinajstić information content (AvgIpc) is 3.28. The fourth-order valence-corrected chi connectivity index (χ4v) is 6.99. The second-order valence-electron chi connectivity index (χ2n) is 17.2. The van der Waals surface area contributed by atoms with Gasteiger partial charge in [-0.05, 0) is 77.3 Å². The van der Waals surface area contributed by atoms with Gasteiger partial charge in [-0.1, -0.05) is 148 Å². The number of unbranched alkanes of at least 4 members (excludes halogenated alkanes) is 18. The molecule has 0 aromatic carbocycles. The van der Waals surface area contributed by atoms with E-state index < -0.39 is 30.3 Å². The van der Waals surface area contributed by atoms with Crippen LogP contribution in [0.1, 0.15) is 214 Å². The summed E-state index contributed by atoms with van der Waals surface area (Å²) in [6, 6.07) is 0. The van der Waals surface area contributed by atoms with Crippen LogP contribution in [0.15, 0.2) is 24.3 Å². The molecule has 12 heteroatoms. The molecule has 0 saturated heterocycles. The predicted octanol–water partition coefficient (Wildman–Crippen LogP) is 13.1. The third kappa shape index (κ3) is 44.3. The standard InChI is InChI=1S/C52H95NO11/c1-5-9-12-15-18-19-20-21-22-23-24-25-26-27-30-36-49(56)62-44-47(46-64-52(58)61-43-34-40-53(8-4)39-33-35-48(54)55)45-63-50(57)37-38-51(59-41-31-28-16-13-10-6-2)60-42-32-29-17-14-11-7-3/h18-19,21-22,47,51H,5-17,20,23-46H2,1-4H3,(H,54,55)/b19-18-,22-21-. The maximum atomic E-state index is 13.0. The van der Waals surface area contributed by atoms with E-state index in [0.717, 1.165) is 77.2 Å². The Bertz CT molecular complexity index is 1130. The van der Waals surface area contributed by atoms with E-state index in [0.29, 0.717) is 52.0 Å². The second kappa shape index (κ2) is 48.0. The Morgan fingerprint density at radius 1 is 0.484 bits per heavy atom. The molecule has 0 aliphatic carbocycles. The normalized spacial score (nSPS) is 12.2. The van der Waals surface area contributed by atoms with E-state index in [9.17, 15) is 19.2 Å². The third-order valence-corrected chi connectivity index (χ3v) is 11.1. The van der Waals surface area contributed by atoms with Crippen molar-refractivity contribution in [3.8, 4) is 0 Å². The van der Waals surface area contributed by atoms with Gasteiger partial charge in [0.05, 0.1) is 18.9 Å². The maximum Gasteiger partial charge on any atom is 0.508 e. The molecule has 0 aliphatic heterocycles. The van der Waals surface area contributed by atoms with Gasteiger partial charge in [-0.25, -0.2) is 4.79 Å². The van der Waals surface area contributed by atoms with Crippen molar-refractivity contribution < 1.29 is 52.7 Å². The number of aliphatic carboxylic acids is 1. The number of hydrogen-bond acceptors (Lipinski definition) is 11. The van der Waals surface area contributed by atoms with Crippen LogP contribution in [0, 0.1) is 5.92 Å². The van der Waals surface area contributed by atoms with Crippen LogP contribution in [0.25, 0.3) is 0 Å². The van der Waals surface area contributed by atoms with Gasteiger partial charge in [0.25, 0.3) is 0 Å². The highest BCUT2D eigenvalue weighted by atomic mass is 16.7. The predicted molar refractivity (Wildman–Crippen MR) is 257 cm³/mol. The number of carboxylic acid groups (broad SMARTS) is 1. The highest BCUT2D eigenvalue weighted by Crippen LogP contribution is 2.14. The number of hydrogen-bond donors (Lipinski definition) is 1. The summed E-state index contributed by atoms with van der Waals surface area (Å²) in [5.41, 5.74) is 0. The Labute approximate surface area is 390 Å². The third-order valence-electron chi connectivity index (χ3n) is 11.1. The number of nitrogens with zero attached hydrogens (tertiary/aromatic N) is 1. The summed E-state index contributed by atoms with van der Waals surface area (Å²) < 4.78 is 34.1. The lowest BCUT2D eigenvalue weighted by Crippen LogP contribution is -2.28. The number of rotatable bonds is 48. The van der Waals surface area contributed by atoms with E-state index in [2.05, 4.69) is 50.0 Å². The second-order valence-corrected chi connectivity index (χ2v) is 17.2. The first-order chi connectivity index (χ1) is 31.2. The van der Waals surface area contributed by atoms with Crippen molar-refractivity contribution in [2.75, 3.05) is 59.3 Å². The molecule has 0 spiro atoms. The largest absolute Gasteiger partial charge is 0.508 e. The van der Waals surface area contributed by atoms with Crippen molar-refractivity contribution >= 4 is 24.1 Å². The molecule has 0 saturated carbocycles. The summed E-state index contributed by atoms with van der Waals surface area (Å²) in [4.78, 5) is 51.1. The van der Waals surface area contributed by atoms with E-state index in [-0.39, 0.29) is 45.2 Å². The zero-order chi connectivity index (χ0) is 47.0. The number of ether oxygens (including phenoxy) is 6. The average molecular weight is 910 g/mol. The van der Waals surface area contributed by atoms with Gasteiger partial charge in [0.1, 0.15) is 19.8 Å². The van der Waals surface area contributed by atoms with Gasteiger partial charge in [0.15, 0.2) is 6.29 Å². The fraction of sp³-hybridized carbons (Fsp3) is 0.846. The molecule has 64 heavy (non-hydrogen) atoms. The lowest BCUT2D eigenvalue weighted by molar-refractivity contribution is -0.161. The minimum Gasteiger partial charge on any atom is -0.481 e. The molecule has 0 aromatic heterocycles. The van der Waals surface area contributed by atoms with E-state index in [4.69, 9.17) is 33.5 Å². The van der Waals surface area contributed by atoms with Gasteiger partial charge >= 0.3 is 24.1 Å². The highest BCUT2D eigenvalue weighted by molar-refractivity contribution is 5.70. The Hall–Kier alpha value is -2.96. The Morgan fingerprint density at radius 2 is 0.969 bits per heavy atom. The number of carboxylic acids is 1. The summed E-state index contributed by atoms with van der Waals surface area (Å²) in [6.45, 7) is 11.7. The van der Waals surface area contributed by atoms with Gasteiger partial charge in [0.2, 0.25) is 0 Å². The first kappa shape index (κ1) is 61.0. The van der Waals surface area contributed by atoms with E-state index in [1.54, 1.807) is 0 Å². The van der Waals surface area contributed by atoms with E-state index >= 15 is 0 Å². The molecule has 12 nitrogen and oxygen atoms in total. The minimum absolute atomic E-state index is 0.0627. The van der Waals surface area contributed by atoms with Crippen LogP contribution in [-0.2, 0) is 42.8 Å². The SMILES string of the molecule is CCCCC/C=C\C/C=C\CCCCCCCC(=O)OCC(COC(=O)CCC(OCCCCCCCC)OCCCCCCCC)COC(=O)OCCCN(CC)CCCC(=O)O. The van der Waals surface area contributed by atoms with Gasteiger partial charge < -0.3 is 38.4 Å². The number of carbonyl (C=O) groups is 4. The topological polar surface area (TPSA) is 147 Å². The first-order valence-electron chi connectivity index (χ1n) is 25.8. The number of allylic oxidation sites excluding steroid dienone is 4. The fourth-order valence-electron chi connectivity index (χ4n) is 6.99. The highest BCUT2D eigenvalue weighted by Gasteiger charge is 2.20. The molecule has 0 aliphatic rings. The Kier molecular flexibility index (Phi) is 45.8. The van der Waals surface area contributed by atoms with Crippen molar-refractivity contribution in [1.29, 1.82) is 0 Å². The molecule has 1 atom stereocenters. The summed E-state index contributed by atoms with van der Waals surface area (Å²) in [5, 5.41) is 8.91. The van der Waals surface area contributed by atoms with Gasteiger partial charge in [-0.2, -0.15) is 0 Å². The van der Waals surface area contributed by atoms with Crippen LogP contribution in [0.5, 0.6) is 0 Å². The van der Waals surface area contributed by atoms with Gasteiger partial charge in [-0.15, -0.1) is 0 Å². The molecule has 0 fully saturated rings. The molecule has 1 unspecified atom stereocenters. The van der Waals surface area contributed by atoms with Crippen LogP contribution in [0.4, 0.5) is 4.79 Å². The van der Waals surface area contributed by atoms with Gasteiger partial charge in [-0.3, -0.25) is 14.4 Å². The lowest BCUT2D eigenvalue weighted by Gasteiger charge is -2.20. The van der Waals surface area contributed by atoms with Crippen LogP contribution in [-0.4, -0.2) is 99.6 Å². The molecule has 0 heterocycles. The Morgan fingerprint density at radius 3 is 1.55 bits per heavy atom. The zero-order valence-electron chi connectivity index (χ0n) is 41.3. The lowest BCUT2D eigenvalue weighted by atomic mass is 10.1. The van der Waals surface area contributed by atoms with Crippen molar-refractivity contribution in [2.24, 2.45) is 5.92 Å². The molecule has 0 bridgehead atoms. The molecule has 0 amide bonds. The van der Waals surface area contributed by atoms with Crippen molar-refractivity contribution in [3.63, 3.8) is 0 Å². The van der Waals surface area contributed by atoms with Crippen molar-refractivity contribution in [2.45, 2.75) is 220 Å². The molecule has 374 valence electrons. The summed E-state index contributed by atoms with van der Waals surface area (Å²) in [6.07, 6.45) is 35.6. The quantitative estimate of drug-likeness (QED) is 0.0204. The van der Waals surface area contributed by atoms with Gasteiger partial charge in [0, 0.05) is 39.0 Å². The first-order valence-corrected chi connectivity index (χ1v) is 25.8. The minimum atomic E-state index is -0.852. The molecule has 0 aromatic rings. The van der Waals surface area contributed by atoms with Crippen LogP contribution in [0.2, 0.25) is 0 Å². The molecule has 1 N–H and O–H groups in total. The van der Waals surface area contributed by atoms with Crippen LogP contribution >= 0.6 is 0 Å². The maximum absolute atomic E-state index is 13.0. The summed E-state index contributed by atoms with van der Waals surface area (Å²) in [5.74, 6) is -2.15. The monoisotopic (exact) mass is 910 g/mol. The van der Waals surface area contributed by atoms with Crippen LogP contribution in [0.3, 0.4) is 0 Å². The number of carbonyl (C=O) groups excluding carboxylic acids is 3. The molecular weight excluding hydrogens is 815 g/mol. The smallest absolute Gasteiger partial charge is 0.481 e. The molecule has 0 rings (SSSR count). The summed E-state index contributed by atoms with van der Waals surface area (Å²) in [7, 11) is 0. The van der Waals surface area contributed by atoms with E-state index in [1.165, 1.54) is 77.0 Å². The molecular formula is C52H95NO11. The van der Waals surface area contributed by atoms with Crippen molar-refractivity contribution in [3.05, 3.63) is 24.3 Å². The summed E-state index contributed by atoms with van der Waals surface area (Å²) >= 11 is 0. The van der Waals surface area contributed by atoms with E-state index in [1.807, 2.05) is 6.92 Å². The van der Waals surface area contributed by atoms with Crippen LogP contribution < -0.4 is 0 Å². The Balaban J connectivity index is 4.96. The number of esters is 2.